The zero-order valence-corrected chi connectivity index (χ0v) is 19.8. The average Bonchev–Trinajstić information content (AvgIpc) is 2.79. The Labute approximate surface area is 198 Å². The van der Waals surface area contributed by atoms with Gasteiger partial charge in [0.05, 0.1) is 11.5 Å². The van der Waals surface area contributed by atoms with E-state index in [0.717, 1.165) is 0 Å². The second-order valence-electron chi connectivity index (χ2n) is 7.05. The fraction of sp³-hybridized carbons (Fsp3) is 0.208. The molecule has 0 unspecified atom stereocenters. The summed E-state index contributed by atoms with van der Waals surface area (Å²) in [7, 11) is -3.79. The van der Waals surface area contributed by atoms with Crippen molar-refractivity contribution in [3.05, 3.63) is 77.8 Å². The smallest absolute Gasteiger partial charge is 0.265 e. The number of carbonyl (C=O) groups excluding carboxylic acids is 1. The fourth-order valence-corrected chi connectivity index (χ4v) is 4.21. The van der Waals surface area contributed by atoms with Crippen LogP contribution in [0.4, 0.5) is 11.4 Å². The van der Waals surface area contributed by atoms with Crippen molar-refractivity contribution < 1.29 is 22.7 Å². The van der Waals surface area contributed by atoms with Crippen LogP contribution in [0.1, 0.15) is 20.3 Å². The molecule has 0 spiro atoms. The number of benzene rings is 3. The van der Waals surface area contributed by atoms with Gasteiger partial charge >= 0.3 is 0 Å². The van der Waals surface area contributed by atoms with E-state index in [0.29, 0.717) is 40.9 Å². The molecule has 2 N–H and O–H groups in total. The van der Waals surface area contributed by atoms with Crippen LogP contribution in [0.15, 0.2) is 77.7 Å². The Hall–Kier alpha value is -3.23. The third-order valence-corrected chi connectivity index (χ3v) is 6.22. The molecule has 7 nitrogen and oxygen atoms in total. The minimum absolute atomic E-state index is 0.0663. The molecule has 0 aliphatic carbocycles. The normalized spacial score (nSPS) is 12.0. The SMILES string of the molecule is CCOc1ccc(NS(=O)(=O)c2ccc(NC(=O)[C@H](CC)Oc3cccc(Cl)c3)cc2)cc1. The molecule has 0 heterocycles. The van der Waals surface area contributed by atoms with Crippen LogP contribution in [0.5, 0.6) is 11.5 Å². The number of nitrogens with one attached hydrogen (secondary N) is 2. The van der Waals surface area contributed by atoms with Crippen LogP contribution in [0.2, 0.25) is 5.02 Å². The molecule has 1 atom stereocenters. The Bertz CT molecular complexity index is 1180. The van der Waals surface area contributed by atoms with E-state index in [1.54, 1.807) is 48.5 Å². The van der Waals surface area contributed by atoms with Crippen LogP contribution in [0, 0.1) is 0 Å². The first-order valence-electron chi connectivity index (χ1n) is 10.4. The van der Waals surface area contributed by atoms with Crippen molar-refractivity contribution in [3.63, 3.8) is 0 Å². The van der Waals surface area contributed by atoms with Gasteiger partial charge in [-0.3, -0.25) is 9.52 Å². The Morgan fingerprint density at radius 1 is 0.939 bits per heavy atom. The van der Waals surface area contributed by atoms with Crippen molar-refractivity contribution in [2.75, 3.05) is 16.6 Å². The molecule has 0 radical (unpaired) electrons. The standard InChI is InChI=1S/C24H25ClN2O5S/c1-3-23(32-21-7-5-6-17(25)16-21)24(28)26-18-10-14-22(15-11-18)33(29,30)27-19-8-12-20(13-9-19)31-4-2/h5-16,23,27H,3-4H2,1-2H3,(H,26,28)/t23-/m0/s1. The lowest BCUT2D eigenvalue weighted by Gasteiger charge is -2.17. The van der Waals surface area contributed by atoms with Crippen molar-refractivity contribution in [2.24, 2.45) is 0 Å². The zero-order chi connectivity index (χ0) is 23.8. The molecule has 3 rings (SSSR count). The van der Waals surface area contributed by atoms with Crippen LogP contribution in [0.3, 0.4) is 0 Å². The Morgan fingerprint density at radius 2 is 1.61 bits per heavy atom. The molecule has 0 aliphatic heterocycles. The third-order valence-electron chi connectivity index (χ3n) is 4.59. The van der Waals surface area contributed by atoms with Crippen molar-refractivity contribution in [1.29, 1.82) is 0 Å². The number of amides is 1. The van der Waals surface area contributed by atoms with Gasteiger partial charge in [-0.2, -0.15) is 0 Å². The van der Waals surface area contributed by atoms with E-state index in [4.69, 9.17) is 21.1 Å². The van der Waals surface area contributed by atoms with Crippen LogP contribution in [-0.4, -0.2) is 27.0 Å². The molecule has 0 aromatic heterocycles. The predicted octanol–water partition coefficient (Wildman–Crippen LogP) is 5.34. The number of anilines is 2. The number of hydrogen-bond donors (Lipinski definition) is 2. The Balaban J connectivity index is 1.64. The highest BCUT2D eigenvalue weighted by atomic mass is 35.5. The van der Waals surface area contributed by atoms with Crippen molar-refractivity contribution in [2.45, 2.75) is 31.3 Å². The van der Waals surface area contributed by atoms with Gasteiger partial charge < -0.3 is 14.8 Å². The summed E-state index contributed by atoms with van der Waals surface area (Å²) in [6, 6.07) is 19.3. The van der Waals surface area contributed by atoms with Crippen LogP contribution < -0.4 is 19.5 Å². The maximum atomic E-state index is 12.7. The van der Waals surface area contributed by atoms with E-state index in [-0.39, 0.29) is 10.8 Å². The monoisotopic (exact) mass is 488 g/mol. The maximum Gasteiger partial charge on any atom is 0.265 e. The maximum absolute atomic E-state index is 12.7. The molecule has 0 saturated heterocycles. The molecule has 0 fully saturated rings. The van der Waals surface area contributed by atoms with Gasteiger partial charge in [0, 0.05) is 16.4 Å². The van der Waals surface area contributed by atoms with Gasteiger partial charge in [-0.15, -0.1) is 0 Å². The molecule has 174 valence electrons. The highest BCUT2D eigenvalue weighted by molar-refractivity contribution is 7.92. The second-order valence-corrected chi connectivity index (χ2v) is 9.17. The molecule has 0 aliphatic rings. The summed E-state index contributed by atoms with van der Waals surface area (Å²) in [5.74, 6) is 0.803. The Morgan fingerprint density at radius 3 is 2.21 bits per heavy atom. The summed E-state index contributed by atoms with van der Waals surface area (Å²) < 4.78 is 39.0. The van der Waals surface area contributed by atoms with Crippen LogP contribution in [0.25, 0.3) is 0 Å². The molecule has 3 aromatic carbocycles. The summed E-state index contributed by atoms with van der Waals surface area (Å²) in [6.45, 7) is 4.23. The number of carbonyl (C=O) groups is 1. The summed E-state index contributed by atoms with van der Waals surface area (Å²) >= 11 is 5.96. The van der Waals surface area contributed by atoms with E-state index in [1.807, 2.05) is 13.8 Å². The highest BCUT2D eigenvalue weighted by Gasteiger charge is 2.20. The number of ether oxygens (including phenoxy) is 2. The number of halogens is 1. The van der Waals surface area contributed by atoms with Gasteiger partial charge in [-0.25, -0.2) is 8.42 Å². The fourth-order valence-electron chi connectivity index (χ4n) is 2.97. The van der Waals surface area contributed by atoms with Gasteiger partial charge in [0.1, 0.15) is 11.5 Å². The minimum atomic E-state index is -3.79. The van der Waals surface area contributed by atoms with Crippen molar-refractivity contribution >= 4 is 38.9 Å². The second kappa shape index (κ2) is 11.1. The first-order valence-corrected chi connectivity index (χ1v) is 12.3. The van der Waals surface area contributed by atoms with Gasteiger partial charge in [0.2, 0.25) is 0 Å². The predicted molar refractivity (Wildman–Crippen MR) is 130 cm³/mol. The van der Waals surface area contributed by atoms with Crippen molar-refractivity contribution in [1.82, 2.24) is 0 Å². The quantitative estimate of drug-likeness (QED) is 0.402. The molecule has 0 bridgehead atoms. The topological polar surface area (TPSA) is 93.7 Å². The molecule has 3 aromatic rings. The number of hydrogen-bond acceptors (Lipinski definition) is 5. The van der Waals surface area contributed by atoms with E-state index < -0.39 is 16.1 Å². The van der Waals surface area contributed by atoms with Crippen LogP contribution in [-0.2, 0) is 14.8 Å². The lowest BCUT2D eigenvalue weighted by atomic mass is 10.2. The molecule has 9 heteroatoms. The molecule has 33 heavy (non-hydrogen) atoms. The average molecular weight is 489 g/mol. The van der Waals surface area contributed by atoms with Crippen molar-refractivity contribution in [3.8, 4) is 11.5 Å². The first-order chi connectivity index (χ1) is 15.8. The Kier molecular flexibility index (Phi) is 8.19. The van der Waals surface area contributed by atoms with E-state index in [9.17, 15) is 13.2 Å². The molecule has 1 amide bonds. The third kappa shape index (κ3) is 6.87. The summed E-state index contributed by atoms with van der Waals surface area (Å²) in [6.07, 6.45) is -0.287. The number of rotatable bonds is 10. The van der Waals surface area contributed by atoms with Gasteiger partial charge in [-0.05, 0) is 80.1 Å². The van der Waals surface area contributed by atoms with E-state index in [1.165, 1.54) is 24.3 Å². The van der Waals surface area contributed by atoms with E-state index in [2.05, 4.69) is 10.0 Å². The molecular weight excluding hydrogens is 464 g/mol. The summed E-state index contributed by atoms with van der Waals surface area (Å²) in [5.41, 5.74) is 0.868. The highest BCUT2D eigenvalue weighted by Crippen LogP contribution is 2.22. The lowest BCUT2D eigenvalue weighted by molar-refractivity contribution is -0.122. The lowest BCUT2D eigenvalue weighted by Crippen LogP contribution is -2.32. The van der Waals surface area contributed by atoms with Gasteiger partial charge in [0.25, 0.3) is 15.9 Å². The van der Waals surface area contributed by atoms with Gasteiger partial charge in [0.15, 0.2) is 6.10 Å². The first kappa shape index (κ1) is 24.4. The molecular formula is C24H25ClN2O5S. The van der Waals surface area contributed by atoms with Gasteiger partial charge in [-0.1, -0.05) is 24.6 Å². The largest absolute Gasteiger partial charge is 0.494 e. The minimum Gasteiger partial charge on any atom is -0.494 e. The van der Waals surface area contributed by atoms with E-state index >= 15 is 0 Å². The van der Waals surface area contributed by atoms with Crippen LogP contribution >= 0.6 is 11.6 Å². The summed E-state index contributed by atoms with van der Waals surface area (Å²) in [5, 5.41) is 3.26. The molecule has 0 saturated carbocycles. The number of sulfonamides is 1. The summed E-state index contributed by atoms with van der Waals surface area (Å²) in [4.78, 5) is 12.7. The zero-order valence-electron chi connectivity index (χ0n) is 18.2.